The summed E-state index contributed by atoms with van der Waals surface area (Å²) >= 11 is 0. The Balaban J connectivity index is 0.000000150. The molecule has 280 valence electrons. The summed E-state index contributed by atoms with van der Waals surface area (Å²) in [6.45, 7) is 12.6. The van der Waals surface area contributed by atoms with Gasteiger partial charge in [-0.1, -0.05) is 39.8 Å². The number of fused-ring (bicyclic) bond motifs is 10. The molecule has 3 aromatic rings. The minimum atomic E-state index is -0.888. The number of carboxylic acid groups (broad SMARTS) is 1. The molecule has 0 saturated heterocycles. The van der Waals surface area contributed by atoms with Crippen molar-refractivity contribution >= 4 is 16.7 Å². The van der Waals surface area contributed by atoms with Crippen molar-refractivity contribution in [3.05, 3.63) is 47.7 Å². The van der Waals surface area contributed by atoms with Gasteiger partial charge in [0.15, 0.2) is 24.2 Å². The highest BCUT2D eigenvalue weighted by Crippen LogP contribution is 2.68. The SMILES string of the molecule is COc1c(C)ccc2cc3[n+](cc12)CCc1cc2c(cc1-3)OCO2.C[C@H](C[C@H](C)C(=O)[O-])[C@H]1CCC2C3CC[C@@H]4C[C@H](O)CC[C@]4(C)C3CC[C@@]21C. The van der Waals surface area contributed by atoms with Crippen molar-refractivity contribution in [1.29, 1.82) is 0 Å². The van der Waals surface area contributed by atoms with Crippen LogP contribution >= 0.6 is 0 Å². The van der Waals surface area contributed by atoms with Gasteiger partial charge in [0.1, 0.15) is 5.75 Å². The summed E-state index contributed by atoms with van der Waals surface area (Å²) in [4.78, 5) is 11.3. The number of aryl methyl sites for hydroxylation is 3. The summed E-state index contributed by atoms with van der Waals surface area (Å²) in [6.07, 6.45) is 15.1. The fourth-order valence-corrected chi connectivity index (χ4v) is 12.8. The number of aliphatic carboxylic acids is 1. The van der Waals surface area contributed by atoms with E-state index in [0.29, 0.717) is 29.5 Å². The molecule has 3 unspecified atom stereocenters. The Morgan fingerprint density at radius 1 is 1.00 bits per heavy atom. The Hall–Kier alpha value is -3.32. The van der Waals surface area contributed by atoms with Crippen LogP contribution in [0.5, 0.6) is 17.2 Å². The average Bonchev–Trinajstić information content (AvgIpc) is 3.74. The molecule has 10 atom stereocenters. The Morgan fingerprint density at radius 2 is 1.75 bits per heavy atom. The van der Waals surface area contributed by atoms with Crippen molar-refractivity contribution in [2.24, 2.45) is 52.3 Å². The quantitative estimate of drug-likeness (QED) is 0.272. The molecule has 7 heteroatoms. The maximum absolute atomic E-state index is 11.3. The van der Waals surface area contributed by atoms with E-state index in [1.807, 2.05) is 6.92 Å². The first-order valence-corrected chi connectivity index (χ1v) is 20.2. The Kier molecular flexibility index (Phi) is 9.28. The standard InChI is InChI=1S/C25H42O3.C20H18NO3/c1-15(13-16(2)23(27)28)20-7-8-21-19-6-5-17-14-18(26)9-11-24(17,3)22(19)10-12-25(20,21)4;1-12-3-4-13-7-17-15-9-19-18(23-11-24-19)8-14(15)5-6-21(17)10-16(13)20(12)22-2/h15-22,26H,5-14H2,1-4H3,(H,27,28);3-4,7-10H,5-6,11H2,1-2H3/q;+1/p-1/t15-,16+,17-,18-,19?,20-,21?,22?,24+,25-;/m1./s1. The van der Waals surface area contributed by atoms with Crippen molar-refractivity contribution in [2.45, 2.75) is 118 Å². The zero-order valence-corrected chi connectivity index (χ0v) is 32.2. The first kappa shape index (κ1) is 35.7. The molecule has 4 aliphatic carbocycles. The van der Waals surface area contributed by atoms with Crippen LogP contribution in [0, 0.1) is 59.2 Å². The monoisotopic (exact) mass is 709 g/mol. The first-order valence-electron chi connectivity index (χ1n) is 20.2. The van der Waals surface area contributed by atoms with Gasteiger partial charge in [-0.3, -0.25) is 0 Å². The third-order valence-corrected chi connectivity index (χ3v) is 15.5. The summed E-state index contributed by atoms with van der Waals surface area (Å²) in [5.74, 6) is 5.80. The fourth-order valence-electron chi connectivity index (χ4n) is 12.8. The molecule has 0 bridgehead atoms. The van der Waals surface area contributed by atoms with Gasteiger partial charge >= 0.3 is 0 Å². The molecule has 0 radical (unpaired) electrons. The van der Waals surface area contributed by atoms with E-state index in [1.165, 1.54) is 67.2 Å². The number of aliphatic hydroxyl groups excluding tert-OH is 1. The molecule has 7 nitrogen and oxygen atoms in total. The predicted molar refractivity (Wildman–Crippen MR) is 200 cm³/mol. The molecular formula is C45H59NO6. The van der Waals surface area contributed by atoms with Crippen LogP contribution in [0.1, 0.15) is 103 Å². The van der Waals surface area contributed by atoms with Gasteiger partial charge < -0.3 is 29.2 Å². The minimum Gasteiger partial charge on any atom is -0.550 e. The summed E-state index contributed by atoms with van der Waals surface area (Å²) in [7, 11) is 1.74. The van der Waals surface area contributed by atoms with Gasteiger partial charge in [-0.15, -0.1) is 0 Å². The smallest absolute Gasteiger partial charge is 0.231 e. The van der Waals surface area contributed by atoms with Gasteiger partial charge in [-0.2, -0.15) is 4.57 Å². The Labute approximate surface area is 310 Å². The maximum Gasteiger partial charge on any atom is 0.231 e. The molecule has 0 spiro atoms. The Morgan fingerprint density at radius 3 is 2.52 bits per heavy atom. The molecule has 9 rings (SSSR count). The van der Waals surface area contributed by atoms with Crippen molar-refractivity contribution < 1.29 is 33.8 Å². The molecule has 6 aliphatic rings. The number of ether oxygens (including phenoxy) is 3. The van der Waals surface area contributed by atoms with E-state index < -0.39 is 5.97 Å². The third kappa shape index (κ3) is 5.88. The van der Waals surface area contributed by atoms with E-state index in [1.54, 1.807) is 7.11 Å². The molecular weight excluding hydrogens is 650 g/mol. The normalized spacial score (nSPS) is 33.7. The lowest BCUT2D eigenvalue weighted by Crippen LogP contribution is -2.54. The van der Waals surface area contributed by atoms with Crippen molar-refractivity contribution in [3.8, 4) is 28.5 Å². The largest absolute Gasteiger partial charge is 0.550 e. The number of benzene rings is 2. The highest BCUT2D eigenvalue weighted by Gasteiger charge is 2.60. The lowest BCUT2D eigenvalue weighted by molar-refractivity contribution is -0.686. The van der Waals surface area contributed by atoms with Crippen LogP contribution in [0.3, 0.4) is 0 Å². The minimum absolute atomic E-state index is 0.0640. The summed E-state index contributed by atoms with van der Waals surface area (Å²) < 4.78 is 19.0. The van der Waals surface area contributed by atoms with E-state index in [9.17, 15) is 15.0 Å². The second kappa shape index (κ2) is 13.5. The second-order valence-corrected chi connectivity index (χ2v) is 18.1. The highest BCUT2D eigenvalue weighted by atomic mass is 16.7. The first-order chi connectivity index (χ1) is 24.9. The molecule has 3 heterocycles. The topological polar surface area (TPSA) is 91.9 Å². The Bertz CT molecular complexity index is 1860. The number of rotatable bonds is 5. The lowest BCUT2D eigenvalue weighted by Gasteiger charge is -2.61. The van der Waals surface area contributed by atoms with Crippen LogP contribution in [0.4, 0.5) is 0 Å². The van der Waals surface area contributed by atoms with Gasteiger partial charge in [0.25, 0.3) is 0 Å². The van der Waals surface area contributed by atoms with Crippen molar-refractivity contribution in [2.75, 3.05) is 13.9 Å². The second-order valence-electron chi connectivity index (χ2n) is 18.1. The maximum atomic E-state index is 11.3. The van der Waals surface area contributed by atoms with E-state index in [4.69, 9.17) is 14.2 Å². The number of nitrogens with zero attached hydrogens (tertiary/aromatic N) is 1. The van der Waals surface area contributed by atoms with Gasteiger partial charge in [0.05, 0.1) is 24.2 Å². The van der Waals surface area contributed by atoms with Gasteiger partial charge in [-0.05, 0) is 152 Å². The predicted octanol–water partition coefficient (Wildman–Crippen LogP) is 7.81. The molecule has 4 saturated carbocycles. The molecule has 0 amide bonds. The van der Waals surface area contributed by atoms with Gasteiger partial charge in [-0.25, -0.2) is 0 Å². The number of carbonyl (C=O) groups is 1. The van der Waals surface area contributed by atoms with Crippen LogP contribution in [0.15, 0.2) is 36.5 Å². The van der Waals surface area contributed by atoms with Crippen LogP contribution < -0.4 is 23.9 Å². The zero-order valence-electron chi connectivity index (χ0n) is 32.2. The molecule has 1 N–H and O–H groups in total. The molecule has 4 fully saturated rings. The summed E-state index contributed by atoms with van der Waals surface area (Å²) in [5.41, 5.74) is 5.75. The third-order valence-electron chi connectivity index (χ3n) is 15.5. The molecule has 2 aliphatic heterocycles. The van der Waals surface area contributed by atoms with Crippen LogP contribution in [0.2, 0.25) is 0 Å². The van der Waals surface area contributed by atoms with Crippen LogP contribution in [-0.2, 0) is 17.8 Å². The molecule has 1 aromatic heterocycles. The highest BCUT2D eigenvalue weighted by molar-refractivity contribution is 5.90. The van der Waals surface area contributed by atoms with Crippen molar-refractivity contribution in [1.82, 2.24) is 0 Å². The van der Waals surface area contributed by atoms with Gasteiger partial charge in [0.2, 0.25) is 12.5 Å². The number of aliphatic hydroxyl groups is 1. The number of carbonyl (C=O) groups excluding carboxylic acids is 1. The zero-order chi connectivity index (χ0) is 36.5. The van der Waals surface area contributed by atoms with Gasteiger partial charge in [0, 0.05) is 18.5 Å². The van der Waals surface area contributed by atoms with E-state index >= 15 is 0 Å². The number of pyridine rings is 1. The lowest BCUT2D eigenvalue weighted by atomic mass is 9.44. The van der Waals surface area contributed by atoms with Crippen LogP contribution in [0.25, 0.3) is 22.0 Å². The van der Waals surface area contributed by atoms with E-state index in [2.05, 4.69) is 68.8 Å². The van der Waals surface area contributed by atoms with Crippen LogP contribution in [-0.4, -0.2) is 31.1 Å². The van der Waals surface area contributed by atoms with E-state index in [0.717, 1.165) is 84.1 Å². The fraction of sp³-hybridized carbons (Fsp3) is 0.644. The number of carboxylic acids is 1. The summed E-state index contributed by atoms with van der Waals surface area (Å²) in [6, 6.07) is 10.8. The molecule has 52 heavy (non-hydrogen) atoms. The van der Waals surface area contributed by atoms with Crippen molar-refractivity contribution in [3.63, 3.8) is 0 Å². The number of hydrogen-bond acceptors (Lipinski definition) is 6. The number of aromatic nitrogens is 1. The summed E-state index contributed by atoms with van der Waals surface area (Å²) in [5, 5.41) is 23.8. The number of methoxy groups -OCH3 is 1. The average molecular weight is 710 g/mol. The molecule has 2 aromatic carbocycles. The van der Waals surface area contributed by atoms with E-state index in [-0.39, 0.29) is 12.0 Å². The number of hydrogen-bond donors (Lipinski definition) is 1.